The average molecular weight is 542 g/mol. The molecule has 9 nitrogen and oxygen atoms in total. The second kappa shape index (κ2) is 12.4. The second-order valence-corrected chi connectivity index (χ2v) is 9.22. The van der Waals surface area contributed by atoms with E-state index >= 15 is 0 Å². The van der Waals surface area contributed by atoms with Crippen molar-refractivity contribution < 1.29 is 9.84 Å². The summed E-state index contributed by atoms with van der Waals surface area (Å²) in [5, 5.41) is 21.3. The molecular formula is C29H28ClN7O2. The molecule has 4 N–H and O–H groups in total. The first-order valence-electron chi connectivity index (χ1n) is 12.5. The van der Waals surface area contributed by atoms with Crippen molar-refractivity contribution in [3.8, 4) is 5.75 Å². The van der Waals surface area contributed by atoms with E-state index in [9.17, 15) is 5.11 Å². The third-order valence-corrected chi connectivity index (χ3v) is 6.19. The Kier molecular flexibility index (Phi) is 8.30. The number of fused-ring (bicyclic) bond motifs is 1. The van der Waals surface area contributed by atoms with Crippen molar-refractivity contribution >= 4 is 45.8 Å². The molecule has 0 amide bonds. The van der Waals surface area contributed by atoms with Crippen LogP contribution in [0.15, 0.2) is 79.0 Å². The summed E-state index contributed by atoms with van der Waals surface area (Å²) < 4.78 is 5.36. The fourth-order valence-corrected chi connectivity index (χ4v) is 4.30. The summed E-state index contributed by atoms with van der Waals surface area (Å²) in [5.41, 5.74) is 4.31. The fourth-order valence-electron chi connectivity index (χ4n) is 4.13. The SMILES string of the molecule is COc1cc(CO)cc(Nc2nc(Cc3ccccc3)nc(NCCNc3ccnc4cc(Cl)ccc34)n2)c1. The number of aliphatic hydroxyl groups is 1. The van der Waals surface area contributed by atoms with Gasteiger partial charge < -0.3 is 25.8 Å². The number of methoxy groups -OCH3 is 1. The van der Waals surface area contributed by atoms with Gasteiger partial charge in [0, 0.05) is 53.6 Å². The summed E-state index contributed by atoms with van der Waals surface area (Å²) in [7, 11) is 1.58. The number of aliphatic hydroxyl groups excluding tert-OH is 1. The summed E-state index contributed by atoms with van der Waals surface area (Å²) in [5.74, 6) is 2.09. The van der Waals surface area contributed by atoms with Crippen LogP contribution in [0.4, 0.5) is 23.3 Å². The summed E-state index contributed by atoms with van der Waals surface area (Å²) in [6.45, 7) is 1.08. The Balaban J connectivity index is 1.33. The highest BCUT2D eigenvalue weighted by molar-refractivity contribution is 6.31. The van der Waals surface area contributed by atoms with Gasteiger partial charge in [-0.05, 0) is 47.5 Å². The van der Waals surface area contributed by atoms with Crippen LogP contribution in [0.25, 0.3) is 10.9 Å². The molecule has 0 fully saturated rings. The van der Waals surface area contributed by atoms with Gasteiger partial charge in [0.15, 0.2) is 0 Å². The number of pyridine rings is 1. The van der Waals surface area contributed by atoms with E-state index < -0.39 is 0 Å². The van der Waals surface area contributed by atoms with E-state index in [1.54, 1.807) is 19.4 Å². The maximum absolute atomic E-state index is 9.62. The number of benzene rings is 3. The number of anilines is 4. The van der Waals surface area contributed by atoms with E-state index in [2.05, 4.69) is 35.9 Å². The van der Waals surface area contributed by atoms with Crippen molar-refractivity contribution in [1.29, 1.82) is 0 Å². The van der Waals surface area contributed by atoms with Gasteiger partial charge in [-0.3, -0.25) is 4.98 Å². The third-order valence-electron chi connectivity index (χ3n) is 5.96. The first-order valence-corrected chi connectivity index (χ1v) is 12.8. The van der Waals surface area contributed by atoms with Crippen LogP contribution in [0.1, 0.15) is 17.0 Å². The third kappa shape index (κ3) is 6.90. The predicted molar refractivity (Wildman–Crippen MR) is 155 cm³/mol. The summed E-state index contributed by atoms with van der Waals surface area (Å²) in [6.07, 6.45) is 2.31. The monoisotopic (exact) mass is 541 g/mol. The highest BCUT2D eigenvalue weighted by Gasteiger charge is 2.10. The van der Waals surface area contributed by atoms with Gasteiger partial charge in [0.05, 0.1) is 19.2 Å². The molecule has 0 spiro atoms. The molecule has 0 saturated carbocycles. The zero-order chi connectivity index (χ0) is 27.0. The molecule has 10 heteroatoms. The molecule has 3 aromatic carbocycles. The van der Waals surface area contributed by atoms with Crippen molar-refractivity contribution in [3.05, 3.63) is 101 Å². The van der Waals surface area contributed by atoms with Gasteiger partial charge in [-0.25, -0.2) is 0 Å². The molecule has 39 heavy (non-hydrogen) atoms. The molecule has 5 rings (SSSR count). The average Bonchev–Trinajstić information content (AvgIpc) is 2.95. The molecule has 0 atom stereocenters. The molecule has 0 saturated heterocycles. The number of hydrogen-bond donors (Lipinski definition) is 4. The van der Waals surface area contributed by atoms with Crippen molar-refractivity contribution in [2.75, 3.05) is 36.1 Å². The zero-order valence-electron chi connectivity index (χ0n) is 21.4. The smallest absolute Gasteiger partial charge is 0.232 e. The van der Waals surface area contributed by atoms with Crippen LogP contribution in [0.5, 0.6) is 5.75 Å². The minimum absolute atomic E-state index is 0.109. The van der Waals surface area contributed by atoms with Crippen LogP contribution in [-0.4, -0.2) is 45.2 Å². The lowest BCUT2D eigenvalue weighted by atomic mass is 10.1. The molecule has 5 aromatic rings. The molecule has 0 aliphatic heterocycles. The van der Waals surface area contributed by atoms with Crippen LogP contribution < -0.4 is 20.7 Å². The lowest BCUT2D eigenvalue weighted by Gasteiger charge is -2.13. The number of hydrogen-bond acceptors (Lipinski definition) is 9. The number of nitrogens with zero attached hydrogens (tertiary/aromatic N) is 4. The van der Waals surface area contributed by atoms with E-state index in [-0.39, 0.29) is 6.61 Å². The molecule has 0 unspecified atom stereocenters. The molecule has 0 radical (unpaired) electrons. The molecular weight excluding hydrogens is 514 g/mol. The summed E-state index contributed by atoms with van der Waals surface area (Å²) in [4.78, 5) is 18.3. The first-order chi connectivity index (χ1) is 19.1. The van der Waals surface area contributed by atoms with Gasteiger partial charge in [0.1, 0.15) is 11.6 Å². The zero-order valence-corrected chi connectivity index (χ0v) is 22.1. The quantitative estimate of drug-likeness (QED) is 0.162. The first kappa shape index (κ1) is 26.1. The predicted octanol–water partition coefficient (Wildman–Crippen LogP) is 5.43. The lowest BCUT2D eigenvalue weighted by molar-refractivity contribution is 0.281. The molecule has 0 bridgehead atoms. The van der Waals surface area contributed by atoms with E-state index in [4.69, 9.17) is 16.3 Å². The van der Waals surface area contributed by atoms with Crippen molar-refractivity contribution in [3.63, 3.8) is 0 Å². The Morgan fingerprint density at radius 2 is 1.67 bits per heavy atom. The van der Waals surface area contributed by atoms with Gasteiger partial charge in [0.2, 0.25) is 11.9 Å². The van der Waals surface area contributed by atoms with E-state index in [1.165, 1.54) is 0 Å². The largest absolute Gasteiger partial charge is 0.497 e. The Hall–Kier alpha value is -4.47. The summed E-state index contributed by atoms with van der Waals surface area (Å²) in [6, 6.07) is 23.1. The molecule has 2 heterocycles. The summed E-state index contributed by atoms with van der Waals surface area (Å²) >= 11 is 6.11. The number of nitrogens with one attached hydrogen (secondary N) is 3. The van der Waals surface area contributed by atoms with Crippen LogP contribution in [0, 0.1) is 0 Å². The molecule has 0 aliphatic carbocycles. The highest BCUT2D eigenvalue weighted by Crippen LogP contribution is 2.25. The van der Waals surface area contributed by atoms with Crippen LogP contribution in [0.2, 0.25) is 5.02 Å². The van der Waals surface area contributed by atoms with Crippen molar-refractivity contribution in [2.45, 2.75) is 13.0 Å². The van der Waals surface area contributed by atoms with E-state index in [1.807, 2.05) is 66.7 Å². The standard InChI is InChI=1S/C29H28ClN7O2/c1-39-23-14-20(18-38)13-22(17-23)34-29-36-27(15-19-5-3-2-4-6-19)35-28(37-29)33-12-11-32-25-9-10-31-26-16-21(30)7-8-24(25)26/h2-10,13-14,16-17,38H,11-12,15,18H2,1H3,(H,31,32)(H2,33,34,35,36,37). The Bertz CT molecular complexity index is 1540. The lowest BCUT2D eigenvalue weighted by Crippen LogP contribution is -2.17. The van der Waals surface area contributed by atoms with Crippen LogP contribution in [-0.2, 0) is 13.0 Å². The van der Waals surface area contributed by atoms with Crippen LogP contribution in [0.3, 0.4) is 0 Å². The minimum Gasteiger partial charge on any atom is -0.497 e. The van der Waals surface area contributed by atoms with Gasteiger partial charge in [-0.1, -0.05) is 41.9 Å². The Morgan fingerprint density at radius 3 is 2.49 bits per heavy atom. The number of aromatic nitrogens is 4. The van der Waals surface area contributed by atoms with Gasteiger partial charge >= 0.3 is 0 Å². The minimum atomic E-state index is -0.109. The molecule has 2 aromatic heterocycles. The molecule has 198 valence electrons. The highest BCUT2D eigenvalue weighted by atomic mass is 35.5. The number of rotatable bonds is 11. The maximum atomic E-state index is 9.62. The molecule has 0 aliphatic rings. The van der Waals surface area contributed by atoms with Gasteiger partial charge in [0.25, 0.3) is 0 Å². The van der Waals surface area contributed by atoms with Gasteiger partial charge in [-0.15, -0.1) is 0 Å². The van der Waals surface area contributed by atoms with Gasteiger partial charge in [-0.2, -0.15) is 15.0 Å². The normalized spacial score (nSPS) is 10.8. The maximum Gasteiger partial charge on any atom is 0.232 e. The fraction of sp³-hybridized carbons (Fsp3) is 0.172. The Labute approximate surface area is 231 Å². The van der Waals surface area contributed by atoms with E-state index in [0.29, 0.717) is 59.3 Å². The topological polar surface area (TPSA) is 117 Å². The number of halogens is 1. The van der Waals surface area contributed by atoms with Crippen LogP contribution >= 0.6 is 11.6 Å². The Morgan fingerprint density at radius 1 is 0.846 bits per heavy atom. The number of ether oxygens (including phenoxy) is 1. The van der Waals surface area contributed by atoms with Crippen molar-refractivity contribution in [2.24, 2.45) is 0 Å². The van der Waals surface area contributed by atoms with Crippen molar-refractivity contribution in [1.82, 2.24) is 19.9 Å². The second-order valence-electron chi connectivity index (χ2n) is 8.79. The van der Waals surface area contributed by atoms with E-state index in [0.717, 1.165) is 22.2 Å².